The lowest BCUT2D eigenvalue weighted by molar-refractivity contribution is -0.142. The van der Waals surface area contributed by atoms with E-state index in [0.717, 1.165) is 4.47 Å². The van der Waals surface area contributed by atoms with Crippen molar-refractivity contribution >= 4 is 62.2 Å². The van der Waals surface area contributed by atoms with Gasteiger partial charge in [-0.25, -0.2) is 4.79 Å². The van der Waals surface area contributed by atoms with Gasteiger partial charge < -0.3 is 9.47 Å². The van der Waals surface area contributed by atoms with Crippen LogP contribution in [0.15, 0.2) is 27.6 Å². The molecule has 5 nitrogen and oxygen atoms in total. The highest BCUT2D eigenvalue weighted by molar-refractivity contribution is 9.10. The molecule has 0 unspecified atom stereocenters. The minimum Gasteiger partial charge on any atom is -0.481 e. The van der Waals surface area contributed by atoms with Gasteiger partial charge in [-0.3, -0.25) is 9.69 Å². The minimum atomic E-state index is -0.478. The summed E-state index contributed by atoms with van der Waals surface area (Å²) in [5.41, 5.74) is 0.673. The van der Waals surface area contributed by atoms with Gasteiger partial charge in [-0.2, -0.15) is 0 Å². The number of esters is 1. The zero-order valence-electron chi connectivity index (χ0n) is 11.8. The molecule has 0 saturated carbocycles. The predicted molar refractivity (Wildman–Crippen MR) is 92.6 cm³/mol. The first-order valence-corrected chi connectivity index (χ1v) is 8.15. The molecule has 22 heavy (non-hydrogen) atoms. The molecule has 0 spiro atoms. The van der Waals surface area contributed by atoms with Gasteiger partial charge in [0.25, 0.3) is 5.91 Å². The Balaban J connectivity index is 2.30. The van der Waals surface area contributed by atoms with E-state index in [4.69, 9.17) is 17.0 Å². The second-order valence-electron chi connectivity index (χ2n) is 4.29. The lowest BCUT2D eigenvalue weighted by Crippen LogP contribution is -2.22. The van der Waals surface area contributed by atoms with Gasteiger partial charge in [-0.15, -0.1) is 0 Å². The monoisotopic (exact) mass is 401 g/mol. The van der Waals surface area contributed by atoms with Crippen molar-refractivity contribution in [1.82, 2.24) is 4.90 Å². The summed E-state index contributed by atoms with van der Waals surface area (Å²) in [7, 11) is 2.93. The summed E-state index contributed by atoms with van der Waals surface area (Å²) in [6, 6.07) is 5.30. The maximum Gasteiger partial charge on any atom is 0.343 e. The molecular formula is C14H12BrNO4S2. The molecule has 8 heteroatoms. The first-order chi connectivity index (χ1) is 10.4. The standard InChI is InChI=1S/C14H12BrNO4S2/c1-16-13(18)11(22-14(16)21)6-8-5-9(15)3-4-10(8)20-7-12(17)19-2/h3-6H,7H2,1-2H3/b11-6-. The Bertz CT molecular complexity index is 675. The molecule has 1 heterocycles. The van der Waals surface area contributed by atoms with Gasteiger partial charge in [0.1, 0.15) is 10.1 Å². The number of ether oxygens (including phenoxy) is 2. The molecular weight excluding hydrogens is 390 g/mol. The quantitative estimate of drug-likeness (QED) is 0.439. The highest BCUT2D eigenvalue weighted by Crippen LogP contribution is 2.34. The Labute approximate surface area is 145 Å². The second-order valence-corrected chi connectivity index (χ2v) is 6.88. The number of amides is 1. The molecule has 1 aliphatic rings. The van der Waals surface area contributed by atoms with Crippen molar-refractivity contribution in [2.45, 2.75) is 0 Å². The molecule has 2 rings (SSSR count). The molecule has 0 N–H and O–H groups in total. The fourth-order valence-corrected chi connectivity index (χ4v) is 3.20. The van der Waals surface area contributed by atoms with E-state index in [0.29, 0.717) is 20.5 Å². The molecule has 1 saturated heterocycles. The molecule has 116 valence electrons. The van der Waals surface area contributed by atoms with E-state index in [-0.39, 0.29) is 12.5 Å². The number of hydrogen-bond donors (Lipinski definition) is 0. The summed E-state index contributed by atoms with van der Waals surface area (Å²) in [5, 5.41) is 0. The van der Waals surface area contributed by atoms with E-state index in [1.54, 1.807) is 31.3 Å². The maximum atomic E-state index is 12.1. The maximum absolute atomic E-state index is 12.1. The average Bonchev–Trinajstić information content (AvgIpc) is 2.73. The Morgan fingerprint density at radius 2 is 2.23 bits per heavy atom. The third-order valence-corrected chi connectivity index (χ3v) is 4.80. The number of likely N-dealkylation sites (N-methyl/N-ethyl adjacent to an activating group) is 1. The molecule has 0 atom stereocenters. The summed E-state index contributed by atoms with van der Waals surface area (Å²) in [6.45, 7) is -0.201. The van der Waals surface area contributed by atoms with Crippen molar-refractivity contribution in [2.24, 2.45) is 0 Å². The van der Waals surface area contributed by atoms with Gasteiger partial charge in [0.15, 0.2) is 6.61 Å². The number of halogens is 1. The third-order valence-electron chi connectivity index (χ3n) is 2.82. The lowest BCUT2D eigenvalue weighted by atomic mass is 10.2. The summed E-state index contributed by atoms with van der Waals surface area (Å²) in [4.78, 5) is 25.2. The van der Waals surface area contributed by atoms with Gasteiger partial charge in [0, 0.05) is 17.1 Å². The molecule has 0 bridgehead atoms. The Morgan fingerprint density at radius 3 is 2.82 bits per heavy atom. The van der Waals surface area contributed by atoms with Crippen LogP contribution in [-0.4, -0.2) is 41.9 Å². The van der Waals surface area contributed by atoms with Gasteiger partial charge >= 0.3 is 5.97 Å². The molecule has 1 amide bonds. The summed E-state index contributed by atoms with van der Waals surface area (Å²) < 4.78 is 11.3. The fraction of sp³-hybridized carbons (Fsp3) is 0.214. The van der Waals surface area contributed by atoms with Gasteiger partial charge in [0.2, 0.25) is 0 Å². The SMILES string of the molecule is COC(=O)COc1ccc(Br)cc1/C=C1\SC(=S)N(C)C1=O. The minimum absolute atomic E-state index is 0.158. The van der Waals surface area contributed by atoms with E-state index in [1.807, 2.05) is 0 Å². The van der Waals surface area contributed by atoms with Crippen LogP contribution < -0.4 is 4.74 Å². The van der Waals surface area contributed by atoms with Crippen LogP contribution in [0.2, 0.25) is 0 Å². The lowest BCUT2D eigenvalue weighted by Gasteiger charge is -2.09. The topological polar surface area (TPSA) is 55.8 Å². The van der Waals surface area contributed by atoms with Crippen molar-refractivity contribution in [3.8, 4) is 5.75 Å². The number of carbonyl (C=O) groups is 2. The predicted octanol–water partition coefficient (Wildman–Crippen LogP) is 2.83. The Hall–Kier alpha value is -1.38. The summed E-state index contributed by atoms with van der Waals surface area (Å²) >= 11 is 9.70. The van der Waals surface area contributed by atoms with E-state index in [9.17, 15) is 9.59 Å². The van der Waals surface area contributed by atoms with E-state index < -0.39 is 5.97 Å². The molecule has 1 aliphatic heterocycles. The summed E-state index contributed by atoms with van der Waals surface area (Å²) in [6.07, 6.45) is 1.69. The molecule has 0 aliphatic carbocycles. The van der Waals surface area contributed by atoms with Crippen molar-refractivity contribution < 1.29 is 19.1 Å². The number of nitrogens with zero attached hydrogens (tertiary/aromatic N) is 1. The second kappa shape index (κ2) is 7.26. The Kier molecular flexibility index (Phi) is 5.60. The van der Waals surface area contributed by atoms with Crippen LogP contribution >= 0.6 is 39.9 Å². The molecule has 0 aromatic heterocycles. The van der Waals surface area contributed by atoms with Crippen LogP contribution in [0, 0.1) is 0 Å². The smallest absolute Gasteiger partial charge is 0.343 e. The number of thioether (sulfide) groups is 1. The average molecular weight is 402 g/mol. The highest BCUT2D eigenvalue weighted by atomic mass is 79.9. The number of thiocarbonyl (C=S) groups is 1. The van der Waals surface area contributed by atoms with Crippen LogP contribution in [0.4, 0.5) is 0 Å². The van der Waals surface area contributed by atoms with Crippen LogP contribution in [-0.2, 0) is 14.3 Å². The van der Waals surface area contributed by atoms with Crippen molar-refractivity contribution in [1.29, 1.82) is 0 Å². The van der Waals surface area contributed by atoms with Crippen LogP contribution in [0.5, 0.6) is 5.75 Å². The highest BCUT2D eigenvalue weighted by Gasteiger charge is 2.29. The van der Waals surface area contributed by atoms with Crippen LogP contribution in [0.1, 0.15) is 5.56 Å². The number of benzene rings is 1. The first kappa shape index (κ1) is 17.0. The zero-order chi connectivity index (χ0) is 16.3. The van der Waals surface area contributed by atoms with Crippen molar-refractivity contribution in [3.63, 3.8) is 0 Å². The largest absolute Gasteiger partial charge is 0.481 e. The third kappa shape index (κ3) is 3.88. The summed E-state index contributed by atoms with van der Waals surface area (Å²) in [5.74, 6) is -0.155. The Morgan fingerprint density at radius 1 is 1.50 bits per heavy atom. The molecule has 0 radical (unpaired) electrons. The van der Waals surface area contributed by atoms with E-state index in [2.05, 4.69) is 20.7 Å². The fourth-order valence-electron chi connectivity index (χ4n) is 1.65. The number of rotatable bonds is 4. The first-order valence-electron chi connectivity index (χ1n) is 6.13. The number of methoxy groups -OCH3 is 1. The molecule has 1 aromatic rings. The number of hydrogen-bond acceptors (Lipinski definition) is 6. The normalized spacial score (nSPS) is 16.3. The molecule has 1 fully saturated rings. The zero-order valence-corrected chi connectivity index (χ0v) is 15.0. The van der Waals surface area contributed by atoms with Gasteiger partial charge in [-0.05, 0) is 24.3 Å². The van der Waals surface area contributed by atoms with E-state index in [1.165, 1.54) is 23.8 Å². The van der Waals surface area contributed by atoms with Crippen LogP contribution in [0.3, 0.4) is 0 Å². The molecule has 1 aromatic carbocycles. The van der Waals surface area contributed by atoms with Crippen molar-refractivity contribution in [3.05, 3.63) is 33.1 Å². The van der Waals surface area contributed by atoms with E-state index >= 15 is 0 Å². The van der Waals surface area contributed by atoms with Crippen LogP contribution in [0.25, 0.3) is 6.08 Å². The number of carbonyl (C=O) groups excluding carboxylic acids is 2. The van der Waals surface area contributed by atoms with Gasteiger partial charge in [-0.1, -0.05) is 39.9 Å². The van der Waals surface area contributed by atoms with Crippen molar-refractivity contribution in [2.75, 3.05) is 20.8 Å². The van der Waals surface area contributed by atoms with Gasteiger partial charge in [0.05, 0.1) is 12.0 Å².